The molecule has 1 heteroatoms. The van der Waals surface area contributed by atoms with Gasteiger partial charge in [-0.25, -0.2) is 0 Å². The minimum atomic E-state index is 0.863. The fraction of sp³-hybridized carbons (Fsp3) is 1.00. The Hall–Kier alpha value is 0.480. The first kappa shape index (κ1) is 3.66. The molecule has 5 heavy (non-hydrogen) atoms. The van der Waals surface area contributed by atoms with Crippen molar-refractivity contribution < 1.29 is 0 Å². The summed E-state index contributed by atoms with van der Waals surface area (Å²) < 4.78 is 0. The third-order valence-electron chi connectivity index (χ3n) is 1.01. The molecule has 0 amide bonds. The van der Waals surface area contributed by atoms with Gasteiger partial charge in [-0.15, -0.1) is 0 Å². The van der Waals surface area contributed by atoms with Gasteiger partial charge in [0.1, 0.15) is 0 Å². The molecule has 1 aliphatic carbocycles. The summed E-state index contributed by atoms with van der Waals surface area (Å²) in [6, 6.07) is 0. The molecule has 0 saturated heterocycles. The highest BCUT2D eigenvalue weighted by atomic mass is 79.9. The summed E-state index contributed by atoms with van der Waals surface area (Å²) in [4.78, 5) is 0.863. The highest BCUT2D eigenvalue weighted by molar-refractivity contribution is 9.09. The van der Waals surface area contributed by atoms with E-state index in [0.717, 1.165) is 10.7 Å². The van der Waals surface area contributed by atoms with Crippen LogP contribution in [0.15, 0.2) is 0 Å². The van der Waals surface area contributed by atoms with Gasteiger partial charge in [-0.2, -0.15) is 0 Å². The van der Waals surface area contributed by atoms with E-state index in [9.17, 15) is 0 Å². The zero-order valence-electron chi connectivity index (χ0n) is 3.24. The molecule has 0 bridgehead atoms. The average Bonchev–Trinajstić information content (AvgIpc) is 1.79. The first-order valence-electron chi connectivity index (χ1n) is 1.95. The molecule has 0 N–H and O–H groups in total. The van der Waals surface area contributed by atoms with E-state index >= 15 is 0 Å². The van der Waals surface area contributed by atoms with Gasteiger partial charge >= 0.3 is 0 Å². The van der Waals surface area contributed by atoms with Crippen molar-refractivity contribution in [2.75, 3.05) is 0 Å². The van der Waals surface area contributed by atoms with E-state index < -0.39 is 0 Å². The van der Waals surface area contributed by atoms with Crippen molar-refractivity contribution in [1.82, 2.24) is 0 Å². The maximum Gasteiger partial charge on any atom is 0.0174 e. The maximum absolute atomic E-state index is 3.45. The van der Waals surface area contributed by atoms with Crippen LogP contribution in [0.4, 0.5) is 0 Å². The summed E-state index contributed by atoms with van der Waals surface area (Å²) in [5.41, 5.74) is 0. The summed E-state index contributed by atoms with van der Waals surface area (Å²) in [7, 11) is 0. The summed E-state index contributed by atoms with van der Waals surface area (Å²) in [6.45, 7) is 2.25. The Morgan fingerprint density at radius 3 is 2.00 bits per heavy atom. The van der Waals surface area contributed by atoms with Crippen LogP contribution in [0, 0.1) is 5.92 Å². The van der Waals surface area contributed by atoms with E-state index in [4.69, 9.17) is 0 Å². The van der Waals surface area contributed by atoms with Crippen LogP contribution < -0.4 is 0 Å². The smallest absolute Gasteiger partial charge is 0.0174 e. The van der Waals surface area contributed by atoms with Crippen molar-refractivity contribution in [2.45, 2.75) is 18.2 Å². The zero-order valence-corrected chi connectivity index (χ0v) is 4.83. The van der Waals surface area contributed by atoms with E-state index in [-0.39, 0.29) is 0 Å². The van der Waals surface area contributed by atoms with E-state index in [2.05, 4.69) is 22.9 Å². The van der Waals surface area contributed by atoms with Crippen LogP contribution in [0.5, 0.6) is 0 Å². The monoisotopic (exact) mass is 134 g/mol. The van der Waals surface area contributed by atoms with E-state index in [1.165, 1.54) is 6.42 Å². The van der Waals surface area contributed by atoms with E-state index in [1.807, 2.05) is 0 Å². The van der Waals surface area contributed by atoms with Gasteiger partial charge in [0.2, 0.25) is 0 Å². The number of rotatable bonds is 0. The van der Waals surface area contributed by atoms with Crippen molar-refractivity contribution in [3.63, 3.8) is 0 Å². The van der Waals surface area contributed by atoms with Gasteiger partial charge in [-0.05, 0) is 12.3 Å². The van der Waals surface area contributed by atoms with Crippen molar-refractivity contribution >= 4 is 15.9 Å². The lowest BCUT2D eigenvalue weighted by atomic mass is 10.5. The molecule has 1 aliphatic rings. The average molecular weight is 135 g/mol. The van der Waals surface area contributed by atoms with Crippen molar-refractivity contribution in [3.8, 4) is 0 Å². The predicted octanol–water partition coefficient (Wildman–Crippen LogP) is 1.79. The molecule has 0 aromatic rings. The molecule has 2 atom stereocenters. The standard InChI is InChI=1S/C4H7Br/c1-3-2-4(3)5/h3-4H,2H2,1H3/t3-,4-/m0/s1. The van der Waals surface area contributed by atoms with Crippen LogP contribution >= 0.6 is 15.9 Å². The van der Waals surface area contributed by atoms with Crippen molar-refractivity contribution in [3.05, 3.63) is 0 Å². The minimum absolute atomic E-state index is 0.863. The molecule has 0 aromatic heterocycles. The third kappa shape index (κ3) is 0.656. The number of hydrogen-bond acceptors (Lipinski definition) is 0. The van der Waals surface area contributed by atoms with Gasteiger partial charge in [-0.1, -0.05) is 22.9 Å². The van der Waals surface area contributed by atoms with Crippen LogP contribution in [-0.2, 0) is 0 Å². The van der Waals surface area contributed by atoms with Crippen LogP contribution in [0.1, 0.15) is 13.3 Å². The van der Waals surface area contributed by atoms with Crippen LogP contribution in [0.25, 0.3) is 0 Å². The molecule has 1 saturated carbocycles. The first-order valence-corrected chi connectivity index (χ1v) is 2.86. The maximum atomic E-state index is 3.45. The number of alkyl halides is 1. The number of hydrogen-bond donors (Lipinski definition) is 0. The Bertz CT molecular complexity index is 36.9. The summed E-state index contributed by atoms with van der Waals surface area (Å²) in [6.07, 6.45) is 1.39. The van der Waals surface area contributed by atoms with Crippen LogP contribution in [0.3, 0.4) is 0 Å². The van der Waals surface area contributed by atoms with Gasteiger partial charge in [0.05, 0.1) is 0 Å². The quantitative estimate of drug-likeness (QED) is 0.444. The lowest BCUT2D eigenvalue weighted by Crippen LogP contribution is -1.59. The van der Waals surface area contributed by atoms with Crippen molar-refractivity contribution in [2.24, 2.45) is 5.92 Å². The molecule has 0 nitrogen and oxygen atoms in total. The summed E-state index contributed by atoms with van der Waals surface area (Å²) in [5, 5.41) is 0. The van der Waals surface area contributed by atoms with Gasteiger partial charge < -0.3 is 0 Å². The normalized spacial score (nSPS) is 49.2. The first-order chi connectivity index (χ1) is 2.30. The topological polar surface area (TPSA) is 0 Å². The largest absolute Gasteiger partial charge is 0.0888 e. The molecular weight excluding hydrogens is 128 g/mol. The lowest BCUT2D eigenvalue weighted by Gasteiger charge is -1.64. The fourth-order valence-corrected chi connectivity index (χ4v) is 0.866. The fourth-order valence-electron chi connectivity index (χ4n) is 0.277. The minimum Gasteiger partial charge on any atom is -0.0888 e. The highest BCUT2D eigenvalue weighted by Crippen LogP contribution is 2.36. The Labute approximate surface area is 40.7 Å². The Kier molecular flexibility index (Phi) is 0.710. The molecule has 30 valence electrons. The molecule has 0 spiro atoms. The second-order valence-electron chi connectivity index (χ2n) is 1.73. The van der Waals surface area contributed by atoms with Crippen LogP contribution in [-0.4, -0.2) is 4.83 Å². The summed E-state index contributed by atoms with van der Waals surface area (Å²) in [5.74, 6) is 0.968. The summed E-state index contributed by atoms with van der Waals surface area (Å²) >= 11 is 3.45. The molecule has 0 radical (unpaired) electrons. The Morgan fingerprint density at radius 1 is 1.80 bits per heavy atom. The highest BCUT2D eigenvalue weighted by Gasteiger charge is 2.28. The molecule has 0 heterocycles. The molecule has 1 rings (SSSR count). The van der Waals surface area contributed by atoms with E-state index in [0.29, 0.717) is 0 Å². The Morgan fingerprint density at radius 2 is 2.00 bits per heavy atom. The molecular formula is C4H7Br. The van der Waals surface area contributed by atoms with Crippen LogP contribution in [0.2, 0.25) is 0 Å². The van der Waals surface area contributed by atoms with E-state index in [1.54, 1.807) is 0 Å². The van der Waals surface area contributed by atoms with Crippen molar-refractivity contribution in [1.29, 1.82) is 0 Å². The second kappa shape index (κ2) is 0.970. The van der Waals surface area contributed by atoms with Gasteiger partial charge in [-0.3, -0.25) is 0 Å². The molecule has 0 aromatic carbocycles. The molecule has 1 fully saturated rings. The van der Waals surface area contributed by atoms with Gasteiger partial charge in [0.15, 0.2) is 0 Å². The predicted molar refractivity (Wildman–Crippen MR) is 26.5 cm³/mol. The second-order valence-corrected chi connectivity index (χ2v) is 2.91. The van der Waals surface area contributed by atoms with Gasteiger partial charge in [0, 0.05) is 4.83 Å². The third-order valence-corrected chi connectivity index (χ3v) is 2.29. The zero-order chi connectivity index (χ0) is 3.86. The number of halogens is 1. The van der Waals surface area contributed by atoms with Gasteiger partial charge in [0.25, 0.3) is 0 Å². The lowest BCUT2D eigenvalue weighted by molar-refractivity contribution is 0.991. The Balaban J connectivity index is 2.20. The molecule has 0 aliphatic heterocycles. The SMILES string of the molecule is C[C@H]1C[C@@H]1Br. The molecule has 0 unspecified atom stereocenters.